The molecule has 0 aliphatic heterocycles. The van der Waals surface area contributed by atoms with Gasteiger partial charge >= 0.3 is 43.0 Å². The fraction of sp³-hybridized carbons (Fsp3) is 1.00. The van der Waals surface area contributed by atoms with Crippen molar-refractivity contribution in [3.8, 4) is 0 Å². The minimum Gasteiger partial charge on any atom is -0.853 e. The molecule has 19 heavy (non-hydrogen) atoms. The second-order valence-electron chi connectivity index (χ2n) is 3.27. The van der Waals surface area contributed by atoms with Gasteiger partial charge in [-0.1, -0.05) is 0 Å². The summed E-state index contributed by atoms with van der Waals surface area (Å²) in [5.74, 6) is 0. The van der Waals surface area contributed by atoms with E-state index in [-0.39, 0.29) is 18.9 Å². The summed E-state index contributed by atoms with van der Waals surface area (Å²) in [4.78, 5) is 0. The van der Waals surface area contributed by atoms with E-state index in [0.717, 1.165) is 0 Å². The zero-order valence-electron chi connectivity index (χ0n) is 9.50. The Labute approximate surface area is 113 Å². The molecular weight excluding hydrogens is 294 g/mol. The molecule has 2 nitrogen and oxygen atoms in total. The molecule has 0 saturated heterocycles. The maximum atomic E-state index is 12.2. The van der Waals surface area contributed by atoms with Crippen LogP contribution in [0.4, 0.5) is 39.5 Å². The number of rotatable bonds is 3. The third-order valence-electron chi connectivity index (χ3n) is 1.81. The van der Waals surface area contributed by atoms with E-state index in [4.69, 9.17) is 0 Å². The number of alkyl halides is 9. The summed E-state index contributed by atoms with van der Waals surface area (Å²) in [5.41, 5.74) is -6.36. The van der Waals surface area contributed by atoms with Crippen LogP contribution in [-0.2, 0) is 4.74 Å². The minimum atomic E-state index is -6.80. The molecule has 0 radical (unpaired) electrons. The Morgan fingerprint density at radius 3 is 1.26 bits per heavy atom. The van der Waals surface area contributed by atoms with Crippen LogP contribution in [0.25, 0.3) is 0 Å². The quantitative estimate of drug-likeness (QED) is 0.504. The van der Waals surface area contributed by atoms with Crippen LogP contribution in [0, 0.1) is 0 Å². The van der Waals surface area contributed by atoms with Crippen LogP contribution in [-0.4, -0.2) is 36.8 Å². The van der Waals surface area contributed by atoms with Gasteiger partial charge < -0.3 is 9.84 Å². The van der Waals surface area contributed by atoms with Crippen LogP contribution in [0.15, 0.2) is 0 Å². The number of hydrogen-bond acceptors (Lipinski definition) is 2. The predicted octanol–water partition coefficient (Wildman–Crippen LogP) is -0.819. The Balaban J connectivity index is 0. The van der Waals surface area contributed by atoms with E-state index in [9.17, 15) is 44.6 Å². The van der Waals surface area contributed by atoms with Gasteiger partial charge in [0.15, 0.2) is 0 Å². The normalized spacial score (nSPS) is 15.9. The molecule has 0 aromatic rings. The largest absolute Gasteiger partial charge is 1.00 e. The molecule has 0 amide bonds. The molecule has 1 unspecified atom stereocenters. The first-order valence-electron chi connectivity index (χ1n) is 4.16. The van der Waals surface area contributed by atoms with Crippen LogP contribution < -0.4 is 24.0 Å². The first kappa shape index (κ1) is 21.2. The van der Waals surface area contributed by atoms with Crippen molar-refractivity contribution in [1.29, 1.82) is 0 Å². The Hall–Kier alpha value is -0.113. The second kappa shape index (κ2) is 6.11. The van der Waals surface area contributed by atoms with E-state index in [1.54, 1.807) is 0 Å². The van der Waals surface area contributed by atoms with Gasteiger partial charge in [0, 0.05) is 6.10 Å². The monoisotopic (exact) mass is 300 g/mol. The summed E-state index contributed by atoms with van der Waals surface area (Å²) in [6.45, 7) is -1.31. The zero-order valence-corrected chi connectivity index (χ0v) is 9.50. The van der Waals surface area contributed by atoms with E-state index >= 15 is 0 Å². The van der Waals surface area contributed by atoms with E-state index < -0.39 is 36.8 Å². The fourth-order valence-corrected chi connectivity index (χ4v) is 1.02. The first-order valence-corrected chi connectivity index (χ1v) is 4.16. The summed E-state index contributed by atoms with van der Waals surface area (Å²) < 4.78 is 113. The summed E-state index contributed by atoms with van der Waals surface area (Å²) in [5, 5.41) is 10.1. The topological polar surface area (TPSA) is 32.3 Å². The average Bonchev–Trinajstić information content (AvgIpc) is 2.07. The van der Waals surface area contributed by atoms with Gasteiger partial charge in [-0.3, -0.25) is 0 Å². The van der Waals surface area contributed by atoms with E-state index in [2.05, 4.69) is 4.74 Å². The van der Waals surface area contributed by atoms with E-state index in [0.29, 0.717) is 6.92 Å². The third kappa shape index (κ3) is 3.93. The molecule has 0 spiro atoms. The van der Waals surface area contributed by atoms with Crippen molar-refractivity contribution in [2.75, 3.05) is 6.61 Å². The molecular formula is C7H6F9LiO2. The molecule has 1 atom stereocenters. The molecule has 0 N–H and O–H groups in total. The molecule has 12 heteroatoms. The van der Waals surface area contributed by atoms with Crippen molar-refractivity contribution in [2.24, 2.45) is 0 Å². The van der Waals surface area contributed by atoms with Crippen molar-refractivity contribution < 1.29 is 68.2 Å². The van der Waals surface area contributed by atoms with Crippen molar-refractivity contribution in [3.63, 3.8) is 0 Å². The number of ether oxygens (including phenoxy) is 1. The van der Waals surface area contributed by atoms with Crippen molar-refractivity contribution in [3.05, 3.63) is 0 Å². The van der Waals surface area contributed by atoms with Crippen molar-refractivity contribution in [1.82, 2.24) is 0 Å². The summed E-state index contributed by atoms with van der Waals surface area (Å²) in [6.07, 6.45) is -22.8. The molecule has 0 saturated carbocycles. The van der Waals surface area contributed by atoms with E-state index in [1.807, 2.05) is 0 Å². The summed E-state index contributed by atoms with van der Waals surface area (Å²) in [7, 11) is 0. The van der Waals surface area contributed by atoms with Crippen molar-refractivity contribution >= 4 is 0 Å². The zero-order chi connectivity index (χ0) is 15.0. The van der Waals surface area contributed by atoms with Gasteiger partial charge in [-0.05, 0) is 6.92 Å². The standard InChI is InChI=1S/C7H6F9O2.Li/c1-3(2-17)18-4(5(8,9)10,6(11,12)13)7(14,15)16;/h3H,2H2,1H3;/q-1;+1. The molecule has 0 heterocycles. The molecule has 0 fully saturated rings. The van der Waals surface area contributed by atoms with Crippen LogP contribution in [0.3, 0.4) is 0 Å². The molecule has 0 aliphatic carbocycles. The van der Waals surface area contributed by atoms with Crippen LogP contribution in [0.5, 0.6) is 0 Å². The van der Waals surface area contributed by atoms with Crippen molar-refractivity contribution in [2.45, 2.75) is 37.2 Å². The van der Waals surface area contributed by atoms with Crippen LogP contribution in [0.1, 0.15) is 6.92 Å². The fourth-order valence-electron chi connectivity index (χ4n) is 1.02. The third-order valence-corrected chi connectivity index (χ3v) is 1.81. The first-order chi connectivity index (χ1) is 7.70. The Morgan fingerprint density at radius 2 is 1.11 bits per heavy atom. The van der Waals surface area contributed by atoms with Gasteiger partial charge in [-0.2, -0.15) is 39.5 Å². The van der Waals surface area contributed by atoms with Crippen LogP contribution in [0.2, 0.25) is 0 Å². The summed E-state index contributed by atoms with van der Waals surface area (Å²) in [6, 6.07) is 0. The van der Waals surface area contributed by atoms with Gasteiger partial charge in [-0.25, -0.2) is 0 Å². The Morgan fingerprint density at radius 1 is 0.842 bits per heavy atom. The maximum Gasteiger partial charge on any atom is 1.00 e. The average molecular weight is 300 g/mol. The second-order valence-corrected chi connectivity index (χ2v) is 3.27. The molecule has 0 aliphatic rings. The smallest absolute Gasteiger partial charge is 0.853 e. The van der Waals surface area contributed by atoms with Gasteiger partial charge in [0.1, 0.15) is 0 Å². The van der Waals surface area contributed by atoms with Gasteiger partial charge in [0.05, 0.1) is 0 Å². The van der Waals surface area contributed by atoms with Gasteiger partial charge in [0.2, 0.25) is 0 Å². The maximum absolute atomic E-state index is 12.2. The Kier molecular flexibility index (Phi) is 6.82. The van der Waals surface area contributed by atoms with Gasteiger partial charge in [0.25, 0.3) is 0 Å². The number of hydrogen-bond donors (Lipinski definition) is 0. The molecule has 0 aromatic carbocycles. The Bertz CT molecular complexity index is 246. The molecule has 0 aromatic heterocycles. The predicted molar refractivity (Wildman–Crippen MR) is 36.3 cm³/mol. The van der Waals surface area contributed by atoms with E-state index in [1.165, 1.54) is 0 Å². The molecule has 0 rings (SSSR count). The SMILES string of the molecule is CC(C[O-])OC(C(F)(F)F)(C(F)(F)F)C(F)(F)F.[Li+]. The summed E-state index contributed by atoms with van der Waals surface area (Å²) >= 11 is 0. The van der Waals surface area contributed by atoms with Crippen LogP contribution >= 0.6 is 0 Å². The minimum absolute atomic E-state index is 0. The number of halogens is 9. The molecule has 0 bridgehead atoms. The molecule has 110 valence electrons. The van der Waals surface area contributed by atoms with Gasteiger partial charge in [-0.15, -0.1) is 6.61 Å².